The third kappa shape index (κ3) is 3.43. The summed E-state index contributed by atoms with van der Waals surface area (Å²) in [4.78, 5) is 0. The fourth-order valence-corrected chi connectivity index (χ4v) is 2.02. The fourth-order valence-electron chi connectivity index (χ4n) is 1.82. The van der Waals surface area contributed by atoms with Crippen LogP contribution in [0.15, 0.2) is 48.5 Å². The topological polar surface area (TPSA) is 35.2 Å². The van der Waals surface area contributed by atoms with Crippen molar-refractivity contribution in [2.45, 2.75) is 12.7 Å². The summed E-state index contributed by atoms with van der Waals surface area (Å²) in [5, 5.41) is 0.542. The van der Waals surface area contributed by atoms with Gasteiger partial charge in [-0.3, -0.25) is 0 Å². The highest BCUT2D eigenvalue weighted by atomic mass is 35.5. The molecule has 100 valence electrons. The summed E-state index contributed by atoms with van der Waals surface area (Å²) in [5.41, 5.74) is 7.30. The molecule has 19 heavy (non-hydrogen) atoms. The summed E-state index contributed by atoms with van der Waals surface area (Å²) in [7, 11) is 0. The Balaban J connectivity index is 2.35. The van der Waals surface area contributed by atoms with Gasteiger partial charge in [0.15, 0.2) is 0 Å². The van der Waals surface area contributed by atoms with E-state index >= 15 is 0 Å². The average molecular weight is 284 g/mol. The van der Waals surface area contributed by atoms with Crippen molar-refractivity contribution in [3.63, 3.8) is 0 Å². The van der Waals surface area contributed by atoms with Crippen LogP contribution in [0.1, 0.15) is 17.2 Å². The molecule has 0 heterocycles. The summed E-state index contributed by atoms with van der Waals surface area (Å²) in [6, 6.07) is 12.8. The normalized spacial score (nSPS) is 12.5. The molecule has 2 N–H and O–H groups in total. The molecular formula is C14H12ClF2NO. The van der Waals surface area contributed by atoms with Crippen LogP contribution in [-0.2, 0) is 0 Å². The van der Waals surface area contributed by atoms with Crippen LogP contribution < -0.4 is 10.5 Å². The number of hydrogen-bond donors (Lipinski definition) is 1. The molecule has 2 aromatic rings. The summed E-state index contributed by atoms with van der Waals surface area (Å²) < 4.78 is 29.2. The van der Waals surface area contributed by atoms with E-state index in [1.165, 1.54) is 6.07 Å². The lowest BCUT2D eigenvalue weighted by Crippen LogP contribution is -2.14. The minimum atomic E-state index is -2.88. The Bertz CT molecular complexity index is 563. The molecule has 0 aliphatic rings. The number of nitrogens with two attached hydrogens (primary N) is 1. The van der Waals surface area contributed by atoms with Crippen LogP contribution in [0, 0.1) is 0 Å². The van der Waals surface area contributed by atoms with Crippen LogP contribution in [0.5, 0.6) is 5.75 Å². The highest BCUT2D eigenvalue weighted by Gasteiger charge is 2.16. The third-order valence-corrected chi connectivity index (χ3v) is 2.91. The monoisotopic (exact) mass is 283 g/mol. The van der Waals surface area contributed by atoms with Gasteiger partial charge in [-0.25, -0.2) is 0 Å². The Hall–Kier alpha value is -1.65. The minimum absolute atomic E-state index is 0.0741. The maximum Gasteiger partial charge on any atom is 0.387 e. The summed E-state index contributed by atoms with van der Waals surface area (Å²) in [6.45, 7) is -2.88. The van der Waals surface area contributed by atoms with Gasteiger partial charge in [0.05, 0.1) is 6.04 Å². The lowest BCUT2D eigenvalue weighted by atomic mass is 9.99. The van der Waals surface area contributed by atoms with E-state index in [1.807, 2.05) is 0 Å². The summed E-state index contributed by atoms with van der Waals surface area (Å²) in [6.07, 6.45) is 0. The molecule has 2 rings (SSSR count). The number of para-hydroxylation sites is 1. The quantitative estimate of drug-likeness (QED) is 0.921. The van der Waals surface area contributed by atoms with Crippen molar-refractivity contribution in [3.8, 4) is 5.75 Å². The van der Waals surface area contributed by atoms with Gasteiger partial charge in [0.2, 0.25) is 0 Å². The number of hydrogen-bond acceptors (Lipinski definition) is 2. The molecule has 0 saturated carbocycles. The molecule has 0 bridgehead atoms. The molecule has 5 heteroatoms. The highest BCUT2D eigenvalue weighted by Crippen LogP contribution is 2.30. The van der Waals surface area contributed by atoms with Gasteiger partial charge in [-0.1, -0.05) is 41.9 Å². The van der Waals surface area contributed by atoms with Crippen LogP contribution in [-0.4, -0.2) is 6.61 Å². The second-order valence-corrected chi connectivity index (χ2v) is 4.39. The maximum absolute atomic E-state index is 12.3. The van der Waals surface area contributed by atoms with Gasteiger partial charge in [-0.05, 0) is 23.8 Å². The van der Waals surface area contributed by atoms with Crippen LogP contribution in [0.25, 0.3) is 0 Å². The Morgan fingerprint density at radius 3 is 2.47 bits per heavy atom. The van der Waals surface area contributed by atoms with E-state index in [1.54, 1.807) is 42.5 Å². The molecule has 0 aromatic heterocycles. The third-order valence-electron chi connectivity index (χ3n) is 2.68. The lowest BCUT2D eigenvalue weighted by molar-refractivity contribution is -0.0505. The molecular weight excluding hydrogens is 272 g/mol. The van der Waals surface area contributed by atoms with Crippen LogP contribution in [0.4, 0.5) is 8.78 Å². The Kier molecular flexibility index (Phi) is 4.35. The van der Waals surface area contributed by atoms with Crippen molar-refractivity contribution in [2.24, 2.45) is 5.73 Å². The first-order valence-corrected chi connectivity index (χ1v) is 6.00. The predicted molar refractivity (Wildman–Crippen MR) is 70.6 cm³/mol. The van der Waals surface area contributed by atoms with Gasteiger partial charge >= 0.3 is 6.61 Å². The minimum Gasteiger partial charge on any atom is -0.434 e. The van der Waals surface area contributed by atoms with Gasteiger partial charge < -0.3 is 10.5 Å². The largest absolute Gasteiger partial charge is 0.434 e. The number of benzene rings is 2. The SMILES string of the molecule is NC(c1cccc(Cl)c1)c1ccccc1OC(F)F. The van der Waals surface area contributed by atoms with E-state index in [-0.39, 0.29) is 5.75 Å². The maximum atomic E-state index is 12.3. The van der Waals surface area contributed by atoms with E-state index in [2.05, 4.69) is 4.74 Å². The van der Waals surface area contributed by atoms with E-state index in [0.717, 1.165) is 5.56 Å². The van der Waals surface area contributed by atoms with Gasteiger partial charge in [-0.15, -0.1) is 0 Å². The Morgan fingerprint density at radius 1 is 1.05 bits per heavy atom. The molecule has 2 nitrogen and oxygen atoms in total. The van der Waals surface area contributed by atoms with Gasteiger partial charge in [0, 0.05) is 10.6 Å². The van der Waals surface area contributed by atoms with Crippen molar-refractivity contribution in [3.05, 3.63) is 64.7 Å². The zero-order valence-corrected chi connectivity index (χ0v) is 10.6. The van der Waals surface area contributed by atoms with Crippen molar-refractivity contribution in [2.75, 3.05) is 0 Å². The second-order valence-electron chi connectivity index (χ2n) is 3.95. The van der Waals surface area contributed by atoms with E-state index < -0.39 is 12.7 Å². The first-order chi connectivity index (χ1) is 9.08. The predicted octanol–water partition coefficient (Wildman–Crippen LogP) is 3.99. The van der Waals surface area contributed by atoms with Crippen molar-refractivity contribution in [1.82, 2.24) is 0 Å². The van der Waals surface area contributed by atoms with E-state index in [4.69, 9.17) is 17.3 Å². The van der Waals surface area contributed by atoms with Crippen LogP contribution in [0.2, 0.25) is 5.02 Å². The molecule has 0 fully saturated rings. The molecule has 0 amide bonds. The van der Waals surface area contributed by atoms with Crippen molar-refractivity contribution < 1.29 is 13.5 Å². The molecule has 0 saturated heterocycles. The van der Waals surface area contributed by atoms with E-state index in [0.29, 0.717) is 10.6 Å². The second kappa shape index (κ2) is 5.99. The van der Waals surface area contributed by atoms with Crippen molar-refractivity contribution >= 4 is 11.6 Å². The van der Waals surface area contributed by atoms with Gasteiger partial charge in [0.1, 0.15) is 5.75 Å². The standard InChI is InChI=1S/C14H12ClF2NO/c15-10-5-3-4-9(8-10)13(18)11-6-1-2-7-12(11)19-14(16)17/h1-8,13-14H,18H2. The first kappa shape index (κ1) is 13.8. The Labute approximate surface area is 114 Å². The summed E-state index contributed by atoms with van der Waals surface area (Å²) in [5.74, 6) is 0.0741. The van der Waals surface area contributed by atoms with Crippen LogP contribution in [0.3, 0.4) is 0 Å². The number of halogens is 3. The molecule has 0 aliphatic carbocycles. The lowest BCUT2D eigenvalue weighted by Gasteiger charge is -2.17. The molecule has 2 aromatic carbocycles. The fraction of sp³-hybridized carbons (Fsp3) is 0.143. The Morgan fingerprint density at radius 2 is 1.79 bits per heavy atom. The zero-order valence-electron chi connectivity index (χ0n) is 9.89. The number of rotatable bonds is 4. The van der Waals surface area contributed by atoms with Crippen LogP contribution >= 0.6 is 11.6 Å². The molecule has 1 unspecified atom stereocenters. The number of ether oxygens (including phenoxy) is 1. The van der Waals surface area contributed by atoms with Gasteiger partial charge in [-0.2, -0.15) is 8.78 Å². The molecule has 1 atom stereocenters. The highest BCUT2D eigenvalue weighted by molar-refractivity contribution is 6.30. The zero-order chi connectivity index (χ0) is 13.8. The molecule has 0 radical (unpaired) electrons. The van der Waals surface area contributed by atoms with Gasteiger partial charge in [0.25, 0.3) is 0 Å². The summed E-state index contributed by atoms with van der Waals surface area (Å²) >= 11 is 5.89. The van der Waals surface area contributed by atoms with Crippen molar-refractivity contribution in [1.29, 1.82) is 0 Å². The average Bonchev–Trinajstić information content (AvgIpc) is 2.38. The molecule has 0 aliphatic heterocycles. The first-order valence-electron chi connectivity index (χ1n) is 5.62. The number of alkyl halides is 2. The smallest absolute Gasteiger partial charge is 0.387 e. The molecule has 0 spiro atoms. The van der Waals surface area contributed by atoms with E-state index in [9.17, 15) is 8.78 Å².